The molecule has 2 aromatic carbocycles. The van der Waals surface area contributed by atoms with Crippen LogP contribution in [0.2, 0.25) is 0 Å². The maximum atomic E-state index is 12.3. The first-order chi connectivity index (χ1) is 21.6. The Morgan fingerprint density at radius 3 is 2.00 bits per heavy atom. The minimum absolute atomic E-state index is 0.252. The summed E-state index contributed by atoms with van der Waals surface area (Å²) in [5.74, 6) is 2.14. The molecule has 0 saturated heterocycles. The number of carbonyl (C=O) groups is 3. The van der Waals surface area contributed by atoms with Crippen LogP contribution in [-0.4, -0.2) is 51.6 Å². The third-order valence-corrected chi connectivity index (χ3v) is 7.85. The fourth-order valence-corrected chi connectivity index (χ4v) is 5.58. The van der Waals surface area contributed by atoms with Gasteiger partial charge in [0.2, 0.25) is 11.8 Å². The molecule has 4 aliphatic heterocycles. The van der Waals surface area contributed by atoms with Gasteiger partial charge in [0.15, 0.2) is 0 Å². The SMILES string of the molecule is CC(C)(C)OC(=O)N1CCc2nc(-c3ccc4c(c3)COC4=O)oc2C1.O=C1OCc2cc(-c3nc4c(o3)CNCC4)ccc21. The number of ether oxygens (including phenoxy) is 3. The Morgan fingerprint density at radius 2 is 1.42 bits per heavy atom. The van der Waals surface area contributed by atoms with Crippen molar-refractivity contribution in [1.29, 1.82) is 0 Å². The fraction of sp³-hybridized carbons (Fsp3) is 0.364. The van der Waals surface area contributed by atoms with Gasteiger partial charge in [-0.2, -0.15) is 0 Å². The number of esters is 2. The highest BCUT2D eigenvalue weighted by atomic mass is 16.6. The molecule has 0 spiro atoms. The number of rotatable bonds is 2. The van der Waals surface area contributed by atoms with E-state index in [0.29, 0.717) is 54.8 Å². The minimum Gasteiger partial charge on any atom is -0.457 e. The van der Waals surface area contributed by atoms with E-state index in [1.807, 2.05) is 39.0 Å². The number of cyclic esters (lactones) is 2. The molecule has 0 bridgehead atoms. The molecule has 0 unspecified atom stereocenters. The number of nitrogens with zero attached hydrogens (tertiary/aromatic N) is 3. The van der Waals surface area contributed by atoms with E-state index in [1.165, 1.54) is 0 Å². The molecule has 2 aromatic heterocycles. The van der Waals surface area contributed by atoms with Gasteiger partial charge in [0.25, 0.3) is 0 Å². The lowest BCUT2D eigenvalue weighted by atomic mass is 10.1. The Bertz CT molecular complexity index is 1810. The summed E-state index contributed by atoms with van der Waals surface area (Å²) in [7, 11) is 0. The van der Waals surface area contributed by atoms with Crippen LogP contribution < -0.4 is 5.32 Å². The zero-order valence-electron chi connectivity index (χ0n) is 25.2. The van der Waals surface area contributed by atoms with Gasteiger partial charge < -0.3 is 33.3 Å². The molecule has 6 heterocycles. The van der Waals surface area contributed by atoms with E-state index in [0.717, 1.165) is 58.9 Å². The largest absolute Gasteiger partial charge is 0.457 e. The number of amides is 1. The molecule has 0 atom stereocenters. The van der Waals surface area contributed by atoms with Gasteiger partial charge in [-0.3, -0.25) is 0 Å². The Kier molecular flexibility index (Phi) is 7.16. The molecule has 0 fully saturated rings. The van der Waals surface area contributed by atoms with Crippen molar-refractivity contribution in [2.75, 3.05) is 13.1 Å². The number of hydrogen-bond donors (Lipinski definition) is 1. The highest BCUT2D eigenvalue weighted by Gasteiger charge is 2.30. The van der Waals surface area contributed by atoms with Gasteiger partial charge in [-0.05, 0) is 57.2 Å². The van der Waals surface area contributed by atoms with E-state index in [1.54, 1.807) is 23.1 Å². The lowest BCUT2D eigenvalue weighted by Gasteiger charge is -2.28. The summed E-state index contributed by atoms with van der Waals surface area (Å²) >= 11 is 0. The second-order valence-electron chi connectivity index (χ2n) is 12.3. The maximum Gasteiger partial charge on any atom is 0.410 e. The van der Waals surface area contributed by atoms with E-state index in [2.05, 4.69) is 15.3 Å². The zero-order chi connectivity index (χ0) is 31.3. The number of benzene rings is 2. The Balaban J connectivity index is 0.000000151. The first-order valence-electron chi connectivity index (χ1n) is 14.9. The summed E-state index contributed by atoms with van der Waals surface area (Å²) in [5.41, 5.74) is 5.99. The van der Waals surface area contributed by atoms with Crippen LogP contribution in [0.15, 0.2) is 45.2 Å². The Morgan fingerprint density at radius 1 is 0.844 bits per heavy atom. The molecule has 4 aromatic rings. The van der Waals surface area contributed by atoms with E-state index >= 15 is 0 Å². The quantitative estimate of drug-likeness (QED) is 0.242. The van der Waals surface area contributed by atoms with Crippen LogP contribution in [0.25, 0.3) is 22.9 Å². The summed E-state index contributed by atoms with van der Waals surface area (Å²) in [5, 5.41) is 3.25. The molecule has 8 rings (SSSR count). The summed E-state index contributed by atoms with van der Waals surface area (Å²) in [4.78, 5) is 45.9. The van der Waals surface area contributed by atoms with Crippen LogP contribution in [0.3, 0.4) is 0 Å². The number of oxazole rings is 2. The van der Waals surface area contributed by atoms with Crippen LogP contribution >= 0.6 is 0 Å². The third kappa shape index (κ3) is 5.80. The normalized spacial score (nSPS) is 16.5. The topological polar surface area (TPSA) is 146 Å². The number of nitrogens with one attached hydrogen (secondary N) is 1. The van der Waals surface area contributed by atoms with Gasteiger partial charge in [0.05, 0.1) is 35.6 Å². The molecular formula is C33H32N4O8. The van der Waals surface area contributed by atoms with Crippen LogP contribution in [0.4, 0.5) is 4.79 Å². The first kappa shape index (κ1) is 28.8. The van der Waals surface area contributed by atoms with Crippen molar-refractivity contribution in [3.63, 3.8) is 0 Å². The molecule has 12 nitrogen and oxygen atoms in total. The number of aromatic nitrogens is 2. The van der Waals surface area contributed by atoms with Crippen LogP contribution in [0.5, 0.6) is 0 Å². The van der Waals surface area contributed by atoms with Crippen molar-refractivity contribution in [3.8, 4) is 22.9 Å². The van der Waals surface area contributed by atoms with Crippen molar-refractivity contribution in [3.05, 3.63) is 81.6 Å². The van der Waals surface area contributed by atoms with Gasteiger partial charge >= 0.3 is 18.0 Å². The zero-order valence-corrected chi connectivity index (χ0v) is 25.2. The maximum absolute atomic E-state index is 12.3. The summed E-state index contributed by atoms with van der Waals surface area (Å²) in [6.45, 7) is 8.68. The molecule has 12 heteroatoms. The van der Waals surface area contributed by atoms with Gasteiger partial charge in [-0.25, -0.2) is 24.4 Å². The fourth-order valence-electron chi connectivity index (χ4n) is 5.58. The Labute approximate surface area is 258 Å². The molecule has 0 aliphatic carbocycles. The monoisotopic (exact) mass is 612 g/mol. The van der Waals surface area contributed by atoms with E-state index < -0.39 is 5.60 Å². The number of carbonyl (C=O) groups excluding carboxylic acids is 3. The van der Waals surface area contributed by atoms with E-state index in [-0.39, 0.29) is 24.6 Å². The molecule has 232 valence electrons. The van der Waals surface area contributed by atoms with Crippen molar-refractivity contribution >= 4 is 18.0 Å². The van der Waals surface area contributed by atoms with Crippen molar-refractivity contribution in [2.45, 2.75) is 65.5 Å². The average Bonchev–Trinajstić information content (AvgIpc) is 3.81. The number of hydrogen-bond acceptors (Lipinski definition) is 11. The molecular weight excluding hydrogens is 580 g/mol. The number of fused-ring (bicyclic) bond motifs is 4. The van der Waals surface area contributed by atoms with Crippen LogP contribution in [0, 0.1) is 0 Å². The molecule has 0 radical (unpaired) electrons. The molecule has 1 amide bonds. The summed E-state index contributed by atoms with van der Waals surface area (Å²) in [6.07, 6.45) is 1.16. The lowest BCUT2D eigenvalue weighted by molar-refractivity contribution is 0.0208. The van der Waals surface area contributed by atoms with Crippen molar-refractivity contribution in [1.82, 2.24) is 20.2 Å². The van der Waals surface area contributed by atoms with Crippen LogP contribution in [0.1, 0.15) is 75.5 Å². The van der Waals surface area contributed by atoms with E-state index in [9.17, 15) is 14.4 Å². The lowest BCUT2D eigenvalue weighted by Crippen LogP contribution is -2.39. The second kappa shape index (κ2) is 11.2. The average molecular weight is 613 g/mol. The standard InChI is InChI=1S/C19H20N2O5.C14H12N2O3/c1-19(2,3)26-18(23)21-7-6-14-15(9-21)25-16(20-14)11-4-5-13-12(8-11)10-24-17(13)22;17-14-10-2-1-8(5-9(10)7-18-14)13-16-11-3-4-15-6-12(11)19-13/h4-5,8H,6-7,9-10H2,1-3H3;1-2,5,15H,3-4,6-7H2. The smallest absolute Gasteiger partial charge is 0.410 e. The highest BCUT2D eigenvalue weighted by Crippen LogP contribution is 2.31. The molecule has 0 saturated carbocycles. The summed E-state index contributed by atoms with van der Waals surface area (Å²) < 4.78 is 27.1. The molecule has 1 N–H and O–H groups in total. The predicted molar refractivity (Wildman–Crippen MR) is 158 cm³/mol. The molecule has 4 aliphatic rings. The first-order valence-corrected chi connectivity index (χ1v) is 14.9. The van der Waals surface area contributed by atoms with Gasteiger partial charge in [0, 0.05) is 48.2 Å². The molecule has 45 heavy (non-hydrogen) atoms. The second-order valence-corrected chi connectivity index (χ2v) is 12.3. The summed E-state index contributed by atoms with van der Waals surface area (Å²) in [6, 6.07) is 11.0. The van der Waals surface area contributed by atoms with Crippen molar-refractivity contribution in [2.24, 2.45) is 0 Å². The highest BCUT2D eigenvalue weighted by molar-refractivity contribution is 5.94. The van der Waals surface area contributed by atoms with Gasteiger partial charge in [-0.1, -0.05) is 0 Å². The van der Waals surface area contributed by atoms with Gasteiger partial charge in [-0.15, -0.1) is 0 Å². The predicted octanol–water partition coefficient (Wildman–Crippen LogP) is 4.96. The van der Waals surface area contributed by atoms with Crippen molar-refractivity contribution < 1.29 is 37.4 Å². The third-order valence-electron chi connectivity index (χ3n) is 7.85. The van der Waals surface area contributed by atoms with E-state index in [4.69, 9.17) is 23.0 Å². The Hall–Kier alpha value is -4.97. The van der Waals surface area contributed by atoms with Crippen LogP contribution in [-0.2, 0) is 53.4 Å². The van der Waals surface area contributed by atoms with Gasteiger partial charge in [0.1, 0.15) is 30.3 Å². The minimum atomic E-state index is -0.534.